The molecule has 3 rings (SSSR count). The van der Waals surface area contributed by atoms with Gasteiger partial charge in [-0.1, -0.05) is 12.1 Å². The van der Waals surface area contributed by atoms with Gasteiger partial charge in [0.15, 0.2) is 0 Å². The molecule has 0 aromatic carbocycles. The van der Waals surface area contributed by atoms with E-state index in [-0.39, 0.29) is 6.04 Å². The van der Waals surface area contributed by atoms with Crippen LogP contribution < -0.4 is 5.32 Å². The van der Waals surface area contributed by atoms with E-state index in [1.807, 2.05) is 19.2 Å². The van der Waals surface area contributed by atoms with Crippen LogP contribution in [0.4, 0.5) is 0 Å². The summed E-state index contributed by atoms with van der Waals surface area (Å²) >= 11 is 0. The summed E-state index contributed by atoms with van der Waals surface area (Å²) < 4.78 is 5.50. The summed E-state index contributed by atoms with van der Waals surface area (Å²) in [5.74, 6) is 0.674. The number of aromatic nitrogens is 1. The summed E-state index contributed by atoms with van der Waals surface area (Å²) in [4.78, 5) is 8.86. The van der Waals surface area contributed by atoms with Crippen molar-refractivity contribution < 1.29 is 4.74 Å². The zero-order valence-electron chi connectivity index (χ0n) is 10.5. The first kappa shape index (κ1) is 11.4. The molecule has 2 aliphatic rings. The second-order valence-corrected chi connectivity index (χ2v) is 4.71. The number of rotatable bonds is 2. The van der Waals surface area contributed by atoms with Crippen LogP contribution in [0.1, 0.15) is 24.6 Å². The molecule has 1 aromatic rings. The molecule has 0 unspecified atom stereocenters. The van der Waals surface area contributed by atoms with Crippen LogP contribution in [-0.2, 0) is 4.74 Å². The average Bonchev–Trinajstić information content (AvgIpc) is 2.87. The van der Waals surface area contributed by atoms with Gasteiger partial charge in [-0.15, -0.1) is 0 Å². The summed E-state index contributed by atoms with van der Waals surface area (Å²) in [5, 5.41) is 3.31. The highest BCUT2D eigenvalue weighted by Gasteiger charge is 2.17. The Morgan fingerprint density at radius 2 is 2.33 bits per heavy atom. The van der Waals surface area contributed by atoms with Crippen LogP contribution in [0.3, 0.4) is 0 Å². The van der Waals surface area contributed by atoms with E-state index in [1.165, 1.54) is 11.1 Å². The number of hydrogen-bond donors (Lipinski definition) is 1. The molecule has 0 spiro atoms. The Morgan fingerprint density at radius 1 is 1.39 bits per heavy atom. The van der Waals surface area contributed by atoms with E-state index in [1.54, 1.807) is 0 Å². The van der Waals surface area contributed by atoms with Crippen molar-refractivity contribution in [1.82, 2.24) is 10.3 Å². The molecule has 3 heterocycles. The zero-order valence-corrected chi connectivity index (χ0v) is 10.5. The van der Waals surface area contributed by atoms with Gasteiger partial charge in [-0.25, -0.2) is 4.99 Å². The Hall–Kier alpha value is -1.68. The first-order valence-electron chi connectivity index (χ1n) is 6.40. The quantitative estimate of drug-likeness (QED) is 0.858. The van der Waals surface area contributed by atoms with Crippen LogP contribution >= 0.6 is 0 Å². The minimum Gasteiger partial charge on any atom is -0.474 e. The summed E-state index contributed by atoms with van der Waals surface area (Å²) in [6.07, 6.45) is 5.21. The molecule has 0 aliphatic carbocycles. The molecular formula is C14H17N3O. The van der Waals surface area contributed by atoms with Crippen molar-refractivity contribution in [2.75, 3.05) is 19.7 Å². The van der Waals surface area contributed by atoms with E-state index in [0.29, 0.717) is 12.5 Å². The Morgan fingerprint density at radius 3 is 2.94 bits per heavy atom. The molecule has 0 bridgehead atoms. The van der Waals surface area contributed by atoms with Gasteiger partial charge in [0.1, 0.15) is 12.3 Å². The third kappa shape index (κ3) is 2.29. The fourth-order valence-electron chi connectivity index (χ4n) is 2.21. The summed E-state index contributed by atoms with van der Waals surface area (Å²) in [6, 6.07) is 4.34. The number of pyridine rings is 1. The van der Waals surface area contributed by atoms with Crippen LogP contribution in [0.5, 0.6) is 0 Å². The molecule has 4 heteroatoms. The van der Waals surface area contributed by atoms with E-state index in [9.17, 15) is 0 Å². The predicted molar refractivity (Wildman–Crippen MR) is 71.7 cm³/mol. The normalized spacial score (nSPS) is 23.3. The lowest BCUT2D eigenvalue weighted by atomic mass is 10.0. The molecule has 1 atom stereocenters. The number of hydrogen-bond acceptors (Lipinski definition) is 4. The van der Waals surface area contributed by atoms with Crippen molar-refractivity contribution in [2.45, 2.75) is 19.4 Å². The van der Waals surface area contributed by atoms with E-state index in [0.717, 1.165) is 25.2 Å². The van der Waals surface area contributed by atoms with Gasteiger partial charge in [-0.3, -0.25) is 4.98 Å². The Labute approximate surface area is 107 Å². The highest BCUT2D eigenvalue weighted by atomic mass is 16.5. The number of ether oxygens (including phenoxy) is 1. The second-order valence-electron chi connectivity index (χ2n) is 4.71. The third-order valence-corrected chi connectivity index (χ3v) is 3.22. The summed E-state index contributed by atoms with van der Waals surface area (Å²) in [6.45, 7) is 4.70. The number of nitrogens with one attached hydrogen (secondary N) is 1. The minimum absolute atomic E-state index is 0.244. The van der Waals surface area contributed by atoms with Crippen LogP contribution in [0.15, 0.2) is 29.4 Å². The average molecular weight is 243 g/mol. The van der Waals surface area contributed by atoms with Crippen LogP contribution in [0.2, 0.25) is 0 Å². The molecule has 0 amide bonds. The maximum atomic E-state index is 5.50. The van der Waals surface area contributed by atoms with Gasteiger partial charge in [0.05, 0.1) is 6.04 Å². The largest absolute Gasteiger partial charge is 0.474 e. The van der Waals surface area contributed by atoms with Crippen molar-refractivity contribution >= 4 is 11.5 Å². The molecule has 18 heavy (non-hydrogen) atoms. The molecule has 2 aliphatic heterocycles. The topological polar surface area (TPSA) is 46.5 Å². The molecule has 94 valence electrons. The SMILES string of the molecule is C[C@H]1COC(c2ccc(C3=CCNCC3)cn2)=N1. The fourth-order valence-corrected chi connectivity index (χ4v) is 2.21. The maximum Gasteiger partial charge on any atom is 0.235 e. The first-order chi connectivity index (χ1) is 8.83. The van der Waals surface area contributed by atoms with Crippen LogP contribution in [0, 0.1) is 0 Å². The van der Waals surface area contributed by atoms with E-state index in [4.69, 9.17) is 4.74 Å². The van der Waals surface area contributed by atoms with Crippen LogP contribution in [0.25, 0.3) is 5.57 Å². The number of nitrogens with zero attached hydrogens (tertiary/aromatic N) is 2. The van der Waals surface area contributed by atoms with Gasteiger partial charge in [0, 0.05) is 12.7 Å². The summed E-state index contributed by atoms with van der Waals surface area (Å²) in [5.41, 5.74) is 3.40. The van der Waals surface area contributed by atoms with Crippen molar-refractivity contribution in [3.05, 3.63) is 35.7 Å². The van der Waals surface area contributed by atoms with Gasteiger partial charge in [-0.2, -0.15) is 0 Å². The lowest BCUT2D eigenvalue weighted by molar-refractivity contribution is 0.323. The maximum absolute atomic E-state index is 5.50. The second kappa shape index (κ2) is 4.90. The van der Waals surface area contributed by atoms with Crippen molar-refractivity contribution in [3.8, 4) is 0 Å². The van der Waals surface area contributed by atoms with Crippen LogP contribution in [-0.4, -0.2) is 36.6 Å². The molecule has 4 nitrogen and oxygen atoms in total. The molecule has 0 saturated heterocycles. The number of aliphatic imine (C=N–C) groups is 1. The van der Waals surface area contributed by atoms with Gasteiger partial charge < -0.3 is 10.1 Å². The van der Waals surface area contributed by atoms with E-state index >= 15 is 0 Å². The van der Waals surface area contributed by atoms with Gasteiger partial charge in [0.2, 0.25) is 5.90 Å². The first-order valence-corrected chi connectivity index (χ1v) is 6.40. The molecule has 0 saturated carbocycles. The Bertz CT molecular complexity index is 469. The monoisotopic (exact) mass is 243 g/mol. The minimum atomic E-state index is 0.244. The molecule has 0 radical (unpaired) electrons. The van der Waals surface area contributed by atoms with Gasteiger partial charge >= 0.3 is 0 Å². The highest BCUT2D eigenvalue weighted by molar-refractivity contribution is 5.93. The molecule has 0 fully saturated rings. The van der Waals surface area contributed by atoms with Crippen molar-refractivity contribution in [2.24, 2.45) is 4.99 Å². The smallest absolute Gasteiger partial charge is 0.235 e. The van der Waals surface area contributed by atoms with Gasteiger partial charge in [0.25, 0.3) is 0 Å². The molecular weight excluding hydrogens is 226 g/mol. The van der Waals surface area contributed by atoms with Gasteiger partial charge in [-0.05, 0) is 37.1 Å². The van der Waals surface area contributed by atoms with Crippen molar-refractivity contribution in [1.29, 1.82) is 0 Å². The zero-order chi connectivity index (χ0) is 12.4. The standard InChI is InChI=1S/C14H17N3O/c1-10-9-18-14(17-10)13-3-2-12(8-16-13)11-4-6-15-7-5-11/h2-4,8,10,15H,5-7,9H2,1H3/t10-/m0/s1. The summed E-state index contributed by atoms with van der Waals surface area (Å²) in [7, 11) is 0. The van der Waals surface area contributed by atoms with E-state index in [2.05, 4.69) is 27.4 Å². The molecule has 1 aromatic heterocycles. The third-order valence-electron chi connectivity index (χ3n) is 3.22. The molecule has 1 N–H and O–H groups in total. The highest BCUT2D eigenvalue weighted by Crippen LogP contribution is 2.19. The Kier molecular flexibility index (Phi) is 3.11. The lowest BCUT2D eigenvalue weighted by Gasteiger charge is -2.14. The Balaban J connectivity index is 1.81. The van der Waals surface area contributed by atoms with E-state index < -0.39 is 0 Å². The lowest BCUT2D eigenvalue weighted by Crippen LogP contribution is -2.20. The predicted octanol–water partition coefficient (Wildman–Crippen LogP) is 1.62. The fraction of sp³-hybridized carbons (Fsp3) is 0.429. The van der Waals surface area contributed by atoms with Crippen molar-refractivity contribution in [3.63, 3.8) is 0 Å².